The first kappa shape index (κ1) is 13.2. The molecule has 0 spiro atoms. The van der Waals surface area contributed by atoms with Crippen molar-refractivity contribution >= 4 is 6.08 Å². The highest BCUT2D eigenvalue weighted by atomic mass is 15.1. The third kappa shape index (κ3) is 4.14. The van der Waals surface area contributed by atoms with Gasteiger partial charge in [-0.2, -0.15) is 0 Å². The van der Waals surface area contributed by atoms with Gasteiger partial charge in [-0.3, -0.25) is 0 Å². The first-order valence-electron chi connectivity index (χ1n) is 6.43. The number of rotatable bonds is 5. The van der Waals surface area contributed by atoms with Crippen LogP contribution in [0, 0.1) is 0 Å². The molecule has 0 bridgehead atoms. The maximum absolute atomic E-state index is 4.10. The van der Waals surface area contributed by atoms with Crippen LogP contribution in [0.5, 0.6) is 0 Å². The van der Waals surface area contributed by atoms with Crippen molar-refractivity contribution in [1.29, 1.82) is 0 Å². The zero-order valence-electron chi connectivity index (χ0n) is 11.3. The molecule has 2 aromatic rings. The molecule has 1 heteroatoms. The Morgan fingerprint density at radius 1 is 1.00 bits per heavy atom. The van der Waals surface area contributed by atoms with E-state index in [1.807, 2.05) is 24.3 Å². The molecule has 19 heavy (non-hydrogen) atoms. The summed E-state index contributed by atoms with van der Waals surface area (Å²) >= 11 is 0. The molecule has 96 valence electrons. The van der Waals surface area contributed by atoms with Crippen LogP contribution in [-0.2, 0) is 6.54 Å². The number of hydrogen-bond acceptors (Lipinski definition) is 1. The van der Waals surface area contributed by atoms with Crippen molar-refractivity contribution in [3.63, 3.8) is 0 Å². The number of hydrogen-bond donors (Lipinski definition) is 0. The van der Waals surface area contributed by atoms with Crippen molar-refractivity contribution in [2.24, 2.45) is 0 Å². The van der Waals surface area contributed by atoms with Crippen LogP contribution in [0.15, 0.2) is 79.0 Å². The number of allylic oxidation sites excluding steroid dienone is 1. The van der Waals surface area contributed by atoms with Gasteiger partial charge in [0.1, 0.15) is 0 Å². The Balaban J connectivity index is 1.95. The van der Waals surface area contributed by atoms with Crippen molar-refractivity contribution in [1.82, 2.24) is 4.90 Å². The average molecular weight is 249 g/mol. The van der Waals surface area contributed by atoms with Gasteiger partial charge in [-0.15, -0.1) is 0 Å². The van der Waals surface area contributed by atoms with Gasteiger partial charge in [0.25, 0.3) is 0 Å². The van der Waals surface area contributed by atoms with Gasteiger partial charge in [0, 0.05) is 19.3 Å². The summed E-state index contributed by atoms with van der Waals surface area (Å²) < 4.78 is 0. The highest BCUT2D eigenvalue weighted by molar-refractivity contribution is 5.52. The van der Waals surface area contributed by atoms with E-state index in [0.29, 0.717) is 0 Å². The second-order valence-electron chi connectivity index (χ2n) is 4.58. The molecular formula is C18H19N. The molecular weight excluding hydrogens is 230 g/mol. The Morgan fingerprint density at radius 2 is 1.58 bits per heavy atom. The smallest absolute Gasteiger partial charge is 0.0426 e. The Kier molecular flexibility index (Phi) is 4.57. The van der Waals surface area contributed by atoms with Gasteiger partial charge >= 0.3 is 0 Å². The molecule has 0 N–H and O–H groups in total. The molecule has 1 nitrogen and oxygen atoms in total. The summed E-state index contributed by atoms with van der Waals surface area (Å²) in [5.41, 5.74) is 3.49. The molecule has 0 aromatic heterocycles. The Hall–Kier alpha value is -2.28. The van der Waals surface area contributed by atoms with E-state index in [9.17, 15) is 0 Å². The monoisotopic (exact) mass is 249 g/mol. The lowest BCUT2D eigenvalue weighted by Crippen LogP contribution is -2.14. The molecule has 0 amide bonds. The maximum Gasteiger partial charge on any atom is 0.0426 e. The van der Waals surface area contributed by atoms with Gasteiger partial charge in [0.15, 0.2) is 0 Å². The van der Waals surface area contributed by atoms with E-state index in [2.05, 4.69) is 67.1 Å². The Bertz CT molecular complexity index is 540. The second kappa shape index (κ2) is 6.60. The summed E-state index contributed by atoms with van der Waals surface area (Å²) in [5, 5.41) is 0. The van der Waals surface area contributed by atoms with Gasteiger partial charge in [-0.25, -0.2) is 0 Å². The van der Waals surface area contributed by atoms with Crippen LogP contribution < -0.4 is 0 Å². The van der Waals surface area contributed by atoms with E-state index in [1.165, 1.54) is 11.1 Å². The summed E-state index contributed by atoms with van der Waals surface area (Å²) in [4.78, 5) is 2.15. The highest BCUT2D eigenvalue weighted by Gasteiger charge is 1.99. The molecule has 0 aliphatic heterocycles. The van der Waals surface area contributed by atoms with Crippen LogP contribution in [0.4, 0.5) is 0 Å². The molecule has 0 aliphatic carbocycles. The molecule has 2 rings (SSSR count). The predicted molar refractivity (Wildman–Crippen MR) is 82.5 cm³/mol. The van der Waals surface area contributed by atoms with Gasteiger partial charge in [-0.05, 0) is 17.2 Å². The molecule has 0 saturated carbocycles. The summed E-state index contributed by atoms with van der Waals surface area (Å²) in [6, 6.07) is 20.7. The molecule has 0 aliphatic rings. The van der Waals surface area contributed by atoms with Crippen molar-refractivity contribution in [2.45, 2.75) is 6.54 Å². The van der Waals surface area contributed by atoms with E-state index < -0.39 is 0 Å². The third-order valence-electron chi connectivity index (χ3n) is 3.02. The highest BCUT2D eigenvalue weighted by Crippen LogP contribution is 2.10. The van der Waals surface area contributed by atoms with Crippen LogP contribution in [0.1, 0.15) is 11.1 Å². The third-order valence-corrected chi connectivity index (χ3v) is 3.02. The SMILES string of the molecule is C=C(/C=C/c1ccccc1)N(C)Cc1ccccc1. The molecule has 0 unspecified atom stereocenters. The van der Waals surface area contributed by atoms with E-state index in [0.717, 1.165) is 12.2 Å². The summed E-state index contributed by atoms with van der Waals surface area (Å²) in [6.07, 6.45) is 4.14. The van der Waals surface area contributed by atoms with Crippen LogP contribution >= 0.6 is 0 Å². The topological polar surface area (TPSA) is 3.24 Å². The largest absolute Gasteiger partial charge is 0.371 e. The summed E-state index contributed by atoms with van der Waals surface area (Å²) in [6.45, 7) is 4.98. The van der Waals surface area contributed by atoms with Gasteiger partial charge in [-0.1, -0.05) is 73.3 Å². The van der Waals surface area contributed by atoms with Crippen molar-refractivity contribution < 1.29 is 0 Å². The van der Waals surface area contributed by atoms with Crippen LogP contribution in [0.2, 0.25) is 0 Å². The normalized spacial score (nSPS) is 10.6. The second-order valence-corrected chi connectivity index (χ2v) is 4.58. The molecule has 0 atom stereocenters. The predicted octanol–water partition coefficient (Wildman–Crippen LogP) is 4.35. The lowest BCUT2D eigenvalue weighted by atomic mass is 10.2. The van der Waals surface area contributed by atoms with E-state index >= 15 is 0 Å². The summed E-state index contributed by atoms with van der Waals surface area (Å²) in [5.74, 6) is 0. The fourth-order valence-electron chi connectivity index (χ4n) is 1.84. The molecule has 0 saturated heterocycles. The quantitative estimate of drug-likeness (QED) is 0.712. The standard InChI is InChI=1S/C18H19N/c1-16(13-14-17-9-5-3-6-10-17)19(2)15-18-11-7-4-8-12-18/h3-14H,1,15H2,2H3/b14-13+. The minimum Gasteiger partial charge on any atom is -0.371 e. The number of likely N-dealkylation sites (N-methyl/N-ethyl adjacent to an activating group) is 1. The lowest BCUT2D eigenvalue weighted by molar-refractivity contribution is 0.426. The zero-order valence-corrected chi connectivity index (χ0v) is 11.3. The fraction of sp³-hybridized carbons (Fsp3) is 0.111. The molecule has 0 fully saturated rings. The minimum absolute atomic E-state index is 0.874. The Morgan fingerprint density at radius 3 is 2.21 bits per heavy atom. The first-order valence-corrected chi connectivity index (χ1v) is 6.43. The average Bonchev–Trinajstić information content (AvgIpc) is 2.47. The lowest BCUT2D eigenvalue weighted by Gasteiger charge is -2.19. The Labute approximate surface area is 115 Å². The van der Waals surface area contributed by atoms with E-state index in [-0.39, 0.29) is 0 Å². The number of nitrogens with zero attached hydrogens (tertiary/aromatic N) is 1. The van der Waals surface area contributed by atoms with E-state index in [1.54, 1.807) is 0 Å². The van der Waals surface area contributed by atoms with Crippen LogP contribution in [0.25, 0.3) is 6.08 Å². The van der Waals surface area contributed by atoms with Gasteiger partial charge in [0.05, 0.1) is 0 Å². The number of benzene rings is 2. The fourth-order valence-corrected chi connectivity index (χ4v) is 1.84. The van der Waals surface area contributed by atoms with Gasteiger partial charge in [0.2, 0.25) is 0 Å². The van der Waals surface area contributed by atoms with Crippen molar-refractivity contribution in [3.05, 3.63) is 90.1 Å². The first-order chi connectivity index (χ1) is 9.25. The molecule has 2 aromatic carbocycles. The van der Waals surface area contributed by atoms with Crippen molar-refractivity contribution in [3.8, 4) is 0 Å². The molecule has 0 radical (unpaired) electrons. The van der Waals surface area contributed by atoms with Crippen LogP contribution in [0.3, 0.4) is 0 Å². The molecule has 0 heterocycles. The van der Waals surface area contributed by atoms with Gasteiger partial charge < -0.3 is 4.90 Å². The zero-order chi connectivity index (χ0) is 13.5. The van der Waals surface area contributed by atoms with Crippen LogP contribution in [-0.4, -0.2) is 11.9 Å². The maximum atomic E-state index is 4.10. The minimum atomic E-state index is 0.874. The van der Waals surface area contributed by atoms with E-state index in [4.69, 9.17) is 0 Å². The van der Waals surface area contributed by atoms with Crippen molar-refractivity contribution in [2.75, 3.05) is 7.05 Å². The summed E-state index contributed by atoms with van der Waals surface area (Å²) in [7, 11) is 2.06.